The molecule has 1 atom stereocenters. The molecule has 0 saturated carbocycles. The van der Waals surface area contributed by atoms with E-state index < -0.39 is 18.1 Å². The fourth-order valence-electron chi connectivity index (χ4n) is 4.50. The maximum atomic E-state index is 12.6. The Bertz CT molecular complexity index is 1200. The van der Waals surface area contributed by atoms with Gasteiger partial charge in [-0.3, -0.25) is 0 Å². The van der Waals surface area contributed by atoms with Crippen molar-refractivity contribution in [2.45, 2.75) is 51.7 Å². The zero-order valence-corrected chi connectivity index (χ0v) is 20.5. The number of alkyl carbamates (subject to hydrolysis) is 1. The van der Waals surface area contributed by atoms with Gasteiger partial charge in [0.2, 0.25) is 0 Å². The van der Waals surface area contributed by atoms with Gasteiger partial charge in [-0.2, -0.15) is 0 Å². The van der Waals surface area contributed by atoms with Crippen LogP contribution in [0.4, 0.5) is 4.79 Å². The molecule has 1 aliphatic carbocycles. The van der Waals surface area contributed by atoms with Gasteiger partial charge in [0.1, 0.15) is 24.0 Å². The van der Waals surface area contributed by atoms with Crippen molar-refractivity contribution in [3.05, 3.63) is 89.0 Å². The third-order valence-corrected chi connectivity index (χ3v) is 6.03. The molecule has 0 heterocycles. The summed E-state index contributed by atoms with van der Waals surface area (Å²) < 4.78 is 11.5. The fraction of sp³-hybridized carbons (Fsp3) is 0.310. The van der Waals surface area contributed by atoms with Crippen LogP contribution in [0.15, 0.2) is 66.7 Å². The van der Waals surface area contributed by atoms with Gasteiger partial charge < -0.3 is 19.9 Å². The van der Waals surface area contributed by atoms with E-state index in [0.717, 1.165) is 39.1 Å². The number of ether oxygens (including phenoxy) is 2. The fourth-order valence-corrected chi connectivity index (χ4v) is 4.50. The van der Waals surface area contributed by atoms with Crippen LogP contribution in [0.3, 0.4) is 0 Å². The lowest BCUT2D eigenvalue weighted by Crippen LogP contribution is -2.42. The van der Waals surface area contributed by atoms with Crippen molar-refractivity contribution in [2.75, 3.05) is 6.61 Å². The Balaban J connectivity index is 1.41. The minimum absolute atomic E-state index is 0.0885. The number of aryl methyl sites for hydroxylation is 1. The molecule has 0 radical (unpaired) electrons. The standard InChI is InChI=1S/C29H31NO5/c1-18-15-19(13-14-26(18)35-29(2,3)4)16-25(27(31)32)30-28(33)34-17-24-22-11-7-5-9-20(22)21-10-6-8-12-23(21)24/h5-15,24-25H,16-17H2,1-4H3,(H,30,33)(H,31,32)/t25-/m0/s1. The van der Waals surface area contributed by atoms with Gasteiger partial charge in [-0.1, -0.05) is 60.7 Å². The quantitative estimate of drug-likeness (QED) is 0.459. The van der Waals surface area contributed by atoms with Crippen molar-refractivity contribution >= 4 is 12.1 Å². The van der Waals surface area contributed by atoms with Gasteiger partial charge >= 0.3 is 12.1 Å². The third-order valence-electron chi connectivity index (χ3n) is 6.03. The molecule has 3 aromatic rings. The zero-order chi connectivity index (χ0) is 25.2. The summed E-state index contributed by atoms with van der Waals surface area (Å²) in [6, 6.07) is 20.6. The van der Waals surface area contributed by atoms with Gasteiger partial charge in [-0.25, -0.2) is 9.59 Å². The Labute approximate surface area is 205 Å². The highest BCUT2D eigenvalue weighted by molar-refractivity contribution is 5.81. The summed E-state index contributed by atoms with van der Waals surface area (Å²) in [7, 11) is 0. The highest BCUT2D eigenvalue weighted by Crippen LogP contribution is 2.44. The molecule has 35 heavy (non-hydrogen) atoms. The smallest absolute Gasteiger partial charge is 0.407 e. The number of rotatable bonds is 7. The van der Waals surface area contributed by atoms with E-state index in [1.54, 1.807) is 0 Å². The van der Waals surface area contributed by atoms with Crippen molar-refractivity contribution in [1.29, 1.82) is 0 Å². The molecule has 4 rings (SSSR count). The molecule has 0 spiro atoms. The first-order valence-corrected chi connectivity index (χ1v) is 11.8. The van der Waals surface area contributed by atoms with E-state index in [1.807, 2.05) is 82.3 Å². The second kappa shape index (κ2) is 9.82. The van der Waals surface area contributed by atoms with Crippen molar-refractivity contribution < 1.29 is 24.2 Å². The average molecular weight is 474 g/mol. The third kappa shape index (κ3) is 5.65. The Morgan fingerprint density at radius 1 is 0.971 bits per heavy atom. The molecule has 3 aromatic carbocycles. The van der Waals surface area contributed by atoms with Crippen LogP contribution < -0.4 is 10.1 Å². The van der Waals surface area contributed by atoms with E-state index in [0.29, 0.717) is 0 Å². The first kappa shape index (κ1) is 24.3. The van der Waals surface area contributed by atoms with Crippen LogP contribution in [-0.2, 0) is 16.0 Å². The molecular weight excluding hydrogens is 442 g/mol. The second-order valence-electron chi connectivity index (χ2n) is 9.88. The van der Waals surface area contributed by atoms with Crippen LogP contribution in [-0.4, -0.2) is 35.4 Å². The maximum Gasteiger partial charge on any atom is 0.407 e. The number of benzene rings is 3. The van der Waals surface area contributed by atoms with Gasteiger partial charge in [0.15, 0.2) is 0 Å². The minimum atomic E-state index is -1.12. The van der Waals surface area contributed by atoms with Crippen molar-refractivity contribution in [1.82, 2.24) is 5.32 Å². The molecule has 0 saturated heterocycles. The highest BCUT2D eigenvalue weighted by Gasteiger charge is 2.30. The molecule has 0 bridgehead atoms. The summed E-state index contributed by atoms with van der Waals surface area (Å²) in [4.78, 5) is 24.5. The SMILES string of the molecule is Cc1cc(C[C@H](NC(=O)OCC2c3ccccc3-c3ccccc32)C(=O)O)ccc1OC(C)(C)C. The number of fused-ring (bicyclic) bond motifs is 3. The molecule has 2 N–H and O–H groups in total. The molecule has 0 unspecified atom stereocenters. The summed E-state index contributed by atoms with van der Waals surface area (Å²) in [5.74, 6) is -0.460. The number of carboxylic acid groups (broad SMARTS) is 1. The Hall–Kier alpha value is -3.80. The van der Waals surface area contributed by atoms with Crippen LogP contribution in [0.5, 0.6) is 5.75 Å². The Kier molecular flexibility index (Phi) is 6.83. The lowest BCUT2D eigenvalue weighted by atomic mass is 9.98. The average Bonchev–Trinajstić information content (AvgIpc) is 3.12. The van der Waals surface area contributed by atoms with Gasteiger partial charge in [-0.15, -0.1) is 0 Å². The lowest BCUT2D eigenvalue weighted by molar-refractivity contribution is -0.139. The van der Waals surface area contributed by atoms with E-state index in [-0.39, 0.29) is 24.5 Å². The predicted octanol–water partition coefficient (Wildman–Crippen LogP) is 5.71. The van der Waals surface area contributed by atoms with E-state index in [9.17, 15) is 14.7 Å². The van der Waals surface area contributed by atoms with E-state index in [2.05, 4.69) is 17.4 Å². The van der Waals surface area contributed by atoms with Crippen molar-refractivity contribution in [3.63, 3.8) is 0 Å². The van der Waals surface area contributed by atoms with Crippen LogP contribution in [0.25, 0.3) is 11.1 Å². The molecule has 0 fully saturated rings. The maximum absolute atomic E-state index is 12.6. The molecule has 1 aliphatic rings. The molecule has 6 heteroatoms. The normalized spacial score (nSPS) is 13.5. The molecule has 0 aliphatic heterocycles. The molecule has 1 amide bonds. The summed E-state index contributed by atoms with van der Waals surface area (Å²) >= 11 is 0. The summed E-state index contributed by atoms with van der Waals surface area (Å²) in [5.41, 5.74) is 5.83. The van der Waals surface area contributed by atoms with Crippen molar-refractivity contribution in [3.8, 4) is 16.9 Å². The first-order valence-electron chi connectivity index (χ1n) is 11.8. The minimum Gasteiger partial charge on any atom is -0.488 e. The van der Waals surface area contributed by atoms with Gasteiger partial charge in [0, 0.05) is 12.3 Å². The number of amides is 1. The van der Waals surface area contributed by atoms with Crippen LogP contribution in [0, 0.1) is 6.92 Å². The van der Waals surface area contributed by atoms with Crippen LogP contribution >= 0.6 is 0 Å². The topological polar surface area (TPSA) is 84.9 Å². The Morgan fingerprint density at radius 2 is 1.57 bits per heavy atom. The molecular formula is C29H31NO5. The number of aliphatic carboxylic acids is 1. The van der Waals surface area contributed by atoms with Crippen molar-refractivity contribution in [2.24, 2.45) is 0 Å². The summed E-state index contributed by atoms with van der Waals surface area (Å²) in [6.07, 6.45) is -0.612. The van der Waals surface area contributed by atoms with E-state index in [1.165, 1.54) is 0 Å². The van der Waals surface area contributed by atoms with Crippen LogP contribution in [0.1, 0.15) is 48.9 Å². The van der Waals surface area contributed by atoms with Gasteiger partial charge in [-0.05, 0) is 67.1 Å². The number of hydrogen-bond donors (Lipinski definition) is 2. The second-order valence-corrected chi connectivity index (χ2v) is 9.88. The number of hydrogen-bond acceptors (Lipinski definition) is 4. The largest absolute Gasteiger partial charge is 0.488 e. The van der Waals surface area contributed by atoms with Crippen LogP contribution in [0.2, 0.25) is 0 Å². The number of carboxylic acids is 1. The number of carbonyl (C=O) groups excluding carboxylic acids is 1. The van der Waals surface area contributed by atoms with E-state index >= 15 is 0 Å². The zero-order valence-electron chi connectivity index (χ0n) is 20.5. The monoisotopic (exact) mass is 473 g/mol. The number of carbonyl (C=O) groups is 2. The summed E-state index contributed by atoms with van der Waals surface area (Å²) in [5, 5.41) is 12.2. The summed E-state index contributed by atoms with van der Waals surface area (Å²) in [6.45, 7) is 7.96. The first-order chi connectivity index (χ1) is 16.6. The Morgan fingerprint density at radius 3 is 2.11 bits per heavy atom. The molecule has 0 aromatic heterocycles. The van der Waals surface area contributed by atoms with E-state index in [4.69, 9.17) is 9.47 Å². The lowest BCUT2D eigenvalue weighted by Gasteiger charge is -2.23. The molecule has 182 valence electrons. The van der Waals surface area contributed by atoms with Gasteiger partial charge in [0.05, 0.1) is 0 Å². The van der Waals surface area contributed by atoms with Gasteiger partial charge in [0.25, 0.3) is 0 Å². The highest BCUT2D eigenvalue weighted by atomic mass is 16.5. The number of nitrogens with one attached hydrogen (secondary N) is 1. The predicted molar refractivity (Wildman–Crippen MR) is 135 cm³/mol. The molecule has 6 nitrogen and oxygen atoms in total.